The molecule has 1 aliphatic rings. The minimum absolute atomic E-state index is 0.0538. The van der Waals surface area contributed by atoms with E-state index in [1.54, 1.807) is 6.07 Å². The van der Waals surface area contributed by atoms with Crippen LogP contribution in [0.2, 0.25) is 0 Å². The number of carbonyl (C=O) groups excluding carboxylic acids is 1. The van der Waals surface area contributed by atoms with E-state index in [9.17, 15) is 22.4 Å². The van der Waals surface area contributed by atoms with E-state index in [0.29, 0.717) is 31.7 Å². The van der Waals surface area contributed by atoms with Crippen molar-refractivity contribution in [1.82, 2.24) is 9.80 Å². The van der Waals surface area contributed by atoms with Crippen molar-refractivity contribution in [1.29, 1.82) is 0 Å². The molecule has 0 atom stereocenters. The zero-order valence-electron chi connectivity index (χ0n) is 17.0. The minimum atomic E-state index is -4.42. The first kappa shape index (κ1) is 23.0. The molecule has 0 unspecified atom stereocenters. The SMILES string of the molecule is O=C(Nc1ccccc1F)N(CCCN1CCOCC1)Cc1ccc(C(F)(F)F)cc1. The molecule has 0 aromatic heterocycles. The Labute approximate surface area is 178 Å². The van der Waals surface area contributed by atoms with Gasteiger partial charge in [-0.25, -0.2) is 9.18 Å². The molecule has 1 fully saturated rings. The molecule has 0 saturated carbocycles. The van der Waals surface area contributed by atoms with Gasteiger partial charge in [-0.2, -0.15) is 13.2 Å². The lowest BCUT2D eigenvalue weighted by Crippen LogP contribution is -2.40. The highest BCUT2D eigenvalue weighted by atomic mass is 19.4. The number of urea groups is 1. The predicted octanol–water partition coefficient (Wildman–Crippen LogP) is 4.60. The van der Waals surface area contributed by atoms with Crippen LogP contribution in [0.15, 0.2) is 48.5 Å². The number of hydrogen-bond acceptors (Lipinski definition) is 3. The van der Waals surface area contributed by atoms with E-state index in [1.165, 1.54) is 35.2 Å². The average Bonchev–Trinajstić information content (AvgIpc) is 2.75. The van der Waals surface area contributed by atoms with Crippen LogP contribution >= 0.6 is 0 Å². The van der Waals surface area contributed by atoms with Crippen molar-refractivity contribution in [3.05, 3.63) is 65.5 Å². The Hall–Kier alpha value is -2.65. The fraction of sp³-hybridized carbons (Fsp3) is 0.409. The van der Waals surface area contributed by atoms with Gasteiger partial charge in [0, 0.05) is 32.7 Å². The molecule has 2 aromatic rings. The standard InChI is InChI=1S/C22H25F4N3O2/c23-19-4-1-2-5-20(19)27-21(30)29(11-3-10-28-12-14-31-15-13-28)16-17-6-8-18(9-7-17)22(24,25)26/h1-2,4-9H,3,10-16H2,(H,27,30). The maximum Gasteiger partial charge on any atom is 0.416 e. The Kier molecular flexibility index (Phi) is 7.86. The van der Waals surface area contributed by atoms with Crippen LogP contribution in [0, 0.1) is 5.82 Å². The zero-order valence-corrected chi connectivity index (χ0v) is 17.0. The fourth-order valence-electron chi connectivity index (χ4n) is 3.34. The number of halogens is 4. The normalized spacial score (nSPS) is 15.0. The number of nitrogens with zero attached hydrogens (tertiary/aromatic N) is 2. The lowest BCUT2D eigenvalue weighted by atomic mass is 10.1. The van der Waals surface area contributed by atoms with E-state index in [4.69, 9.17) is 4.74 Å². The van der Waals surface area contributed by atoms with Gasteiger partial charge in [0.15, 0.2) is 0 Å². The van der Waals surface area contributed by atoms with Gasteiger partial charge in [0.05, 0.1) is 24.5 Å². The van der Waals surface area contributed by atoms with Crippen molar-refractivity contribution in [3.63, 3.8) is 0 Å². The molecular formula is C22H25F4N3O2. The summed E-state index contributed by atoms with van der Waals surface area (Å²) in [6, 6.07) is 10.0. The van der Waals surface area contributed by atoms with Crippen LogP contribution in [-0.4, -0.2) is 55.2 Å². The van der Waals surface area contributed by atoms with Crippen LogP contribution in [0.5, 0.6) is 0 Å². The molecule has 1 heterocycles. The Morgan fingerprint density at radius 3 is 2.39 bits per heavy atom. The summed E-state index contributed by atoms with van der Waals surface area (Å²) in [5.74, 6) is -0.557. The number of ether oxygens (including phenoxy) is 1. The molecule has 3 rings (SSSR count). The quantitative estimate of drug-likeness (QED) is 0.642. The molecule has 31 heavy (non-hydrogen) atoms. The van der Waals surface area contributed by atoms with Gasteiger partial charge < -0.3 is 15.0 Å². The van der Waals surface area contributed by atoms with Crippen LogP contribution < -0.4 is 5.32 Å². The number of amides is 2. The van der Waals surface area contributed by atoms with Gasteiger partial charge in [-0.05, 0) is 36.2 Å². The monoisotopic (exact) mass is 439 g/mol. The number of alkyl halides is 3. The molecule has 0 spiro atoms. The number of para-hydroxylation sites is 1. The number of carbonyl (C=O) groups is 1. The largest absolute Gasteiger partial charge is 0.416 e. The van der Waals surface area contributed by atoms with E-state index < -0.39 is 23.6 Å². The van der Waals surface area contributed by atoms with Crippen molar-refractivity contribution in [2.24, 2.45) is 0 Å². The summed E-state index contributed by atoms with van der Waals surface area (Å²) in [5.41, 5.74) is -0.132. The number of benzene rings is 2. The maximum absolute atomic E-state index is 13.9. The topological polar surface area (TPSA) is 44.8 Å². The van der Waals surface area contributed by atoms with Gasteiger partial charge in [-0.15, -0.1) is 0 Å². The molecular weight excluding hydrogens is 414 g/mol. The molecule has 2 amide bonds. The van der Waals surface area contributed by atoms with Crippen LogP contribution in [0.4, 0.5) is 28.0 Å². The first-order chi connectivity index (χ1) is 14.8. The van der Waals surface area contributed by atoms with Crippen LogP contribution in [0.25, 0.3) is 0 Å². The predicted molar refractivity (Wildman–Crippen MR) is 109 cm³/mol. The Morgan fingerprint density at radius 1 is 1.06 bits per heavy atom. The van der Waals surface area contributed by atoms with E-state index in [-0.39, 0.29) is 12.2 Å². The zero-order chi connectivity index (χ0) is 22.3. The van der Waals surface area contributed by atoms with Gasteiger partial charge in [0.1, 0.15) is 5.82 Å². The molecule has 0 bridgehead atoms. The molecule has 168 valence electrons. The lowest BCUT2D eigenvalue weighted by molar-refractivity contribution is -0.137. The molecule has 9 heteroatoms. The van der Waals surface area contributed by atoms with Crippen molar-refractivity contribution in [3.8, 4) is 0 Å². The highest BCUT2D eigenvalue weighted by Crippen LogP contribution is 2.29. The number of hydrogen-bond donors (Lipinski definition) is 1. The highest BCUT2D eigenvalue weighted by molar-refractivity contribution is 5.89. The van der Waals surface area contributed by atoms with Gasteiger partial charge >= 0.3 is 12.2 Å². The molecule has 0 aliphatic carbocycles. The fourth-order valence-corrected chi connectivity index (χ4v) is 3.34. The Bertz CT molecular complexity index is 853. The second kappa shape index (κ2) is 10.6. The third-order valence-corrected chi connectivity index (χ3v) is 5.06. The number of anilines is 1. The summed E-state index contributed by atoms with van der Waals surface area (Å²) >= 11 is 0. The smallest absolute Gasteiger partial charge is 0.379 e. The molecule has 1 saturated heterocycles. The minimum Gasteiger partial charge on any atom is -0.379 e. The summed E-state index contributed by atoms with van der Waals surface area (Å²) in [7, 11) is 0. The van der Waals surface area contributed by atoms with Crippen molar-refractivity contribution < 1.29 is 27.1 Å². The second-order valence-electron chi connectivity index (χ2n) is 7.33. The van der Waals surface area contributed by atoms with Gasteiger partial charge in [0.2, 0.25) is 0 Å². The average molecular weight is 439 g/mol. The van der Waals surface area contributed by atoms with E-state index in [2.05, 4.69) is 10.2 Å². The van der Waals surface area contributed by atoms with Crippen LogP contribution in [-0.2, 0) is 17.5 Å². The Morgan fingerprint density at radius 2 is 1.74 bits per heavy atom. The first-order valence-electron chi connectivity index (χ1n) is 10.1. The Balaban J connectivity index is 1.66. The third kappa shape index (κ3) is 6.93. The number of morpholine rings is 1. The number of nitrogens with one attached hydrogen (secondary N) is 1. The summed E-state index contributed by atoms with van der Waals surface area (Å²) in [4.78, 5) is 16.5. The van der Waals surface area contributed by atoms with Crippen molar-refractivity contribution in [2.75, 3.05) is 44.7 Å². The second-order valence-corrected chi connectivity index (χ2v) is 7.33. The van der Waals surface area contributed by atoms with Gasteiger partial charge in [0.25, 0.3) is 0 Å². The maximum atomic E-state index is 13.9. The molecule has 1 N–H and O–H groups in total. The van der Waals surface area contributed by atoms with E-state index >= 15 is 0 Å². The summed E-state index contributed by atoms with van der Waals surface area (Å²) < 4.78 is 57.7. The summed E-state index contributed by atoms with van der Waals surface area (Å²) in [6.45, 7) is 4.23. The van der Waals surface area contributed by atoms with E-state index in [1.807, 2.05) is 0 Å². The van der Waals surface area contributed by atoms with Gasteiger partial charge in [-0.1, -0.05) is 24.3 Å². The van der Waals surface area contributed by atoms with Crippen LogP contribution in [0.3, 0.4) is 0 Å². The van der Waals surface area contributed by atoms with Gasteiger partial charge in [-0.3, -0.25) is 4.90 Å². The van der Waals surface area contributed by atoms with Crippen molar-refractivity contribution >= 4 is 11.7 Å². The number of rotatable bonds is 7. The summed E-state index contributed by atoms with van der Waals surface area (Å²) in [5, 5.41) is 2.55. The van der Waals surface area contributed by atoms with Crippen LogP contribution in [0.1, 0.15) is 17.5 Å². The molecule has 2 aromatic carbocycles. The molecule has 0 radical (unpaired) electrons. The van der Waals surface area contributed by atoms with Crippen molar-refractivity contribution in [2.45, 2.75) is 19.1 Å². The van der Waals surface area contributed by atoms with E-state index in [0.717, 1.165) is 31.8 Å². The first-order valence-corrected chi connectivity index (χ1v) is 10.1. The lowest BCUT2D eigenvalue weighted by Gasteiger charge is -2.28. The summed E-state index contributed by atoms with van der Waals surface area (Å²) in [6.07, 6.45) is -3.75. The highest BCUT2D eigenvalue weighted by Gasteiger charge is 2.30. The third-order valence-electron chi connectivity index (χ3n) is 5.06. The molecule has 1 aliphatic heterocycles. The molecule has 5 nitrogen and oxygen atoms in total.